The van der Waals surface area contributed by atoms with Crippen LogP contribution in [0.1, 0.15) is 37.0 Å². The Morgan fingerprint density at radius 1 is 1.08 bits per heavy atom. The number of rotatable bonds is 8. The maximum absolute atomic E-state index is 12.0. The first-order chi connectivity index (χ1) is 11.9. The Balaban J connectivity index is 2.43. The number of ketones is 1. The fourth-order valence-electron chi connectivity index (χ4n) is 1.85. The van der Waals surface area contributed by atoms with E-state index in [9.17, 15) is 19.2 Å². The highest BCUT2D eigenvalue weighted by Crippen LogP contribution is 2.14. The maximum Gasteiger partial charge on any atom is 0.321 e. The molecular weight excluding hydrogens is 328 g/mol. The minimum Gasteiger partial charge on any atom is -0.494 e. The van der Waals surface area contributed by atoms with Crippen molar-refractivity contribution in [3.8, 4) is 5.75 Å². The van der Waals surface area contributed by atoms with Gasteiger partial charge < -0.3 is 14.8 Å². The van der Waals surface area contributed by atoms with Crippen LogP contribution in [-0.2, 0) is 14.3 Å². The number of Topliss-reactive ketones (excluding diaryl/α,β-unsaturated/α-hetero) is 1. The van der Waals surface area contributed by atoms with E-state index in [4.69, 9.17) is 9.47 Å². The van der Waals surface area contributed by atoms with Crippen LogP contribution in [0.15, 0.2) is 24.3 Å². The minimum atomic E-state index is -1.13. The van der Waals surface area contributed by atoms with Crippen molar-refractivity contribution in [3.05, 3.63) is 29.8 Å². The van der Waals surface area contributed by atoms with E-state index in [1.165, 1.54) is 14.0 Å². The second-order valence-corrected chi connectivity index (χ2v) is 5.08. The lowest BCUT2D eigenvalue weighted by Crippen LogP contribution is -2.43. The first-order valence-corrected chi connectivity index (χ1v) is 7.85. The molecule has 0 unspecified atom stereocenters. The number of ether oxygens (including phenoxy) is 2. The van der Waals surface area contributed by atoms with E-state index in [2.05, 4.69) is 5.32 Å². The van der Waals surface area contributed by atoms with E-state index in [1.807, 2.05) is 12.2 Å². The van der Waals surface area contributed by atoms with Crippen molar-refractivity contribution >= 4 is 23.7 Å². The minimum absolute atomic E-state index is 0.0450. The molecule has 0 heterocycles. The van der Waals surface area contributed by atoms with Crippen LogP contribution in [-0.4, -0.2) is 43.4 Å². The highest BCUT2D eigenvalue weighted by atomic mass is 16.5. The summed E-state index contributed by atoms with van der Waals surface area (Å²) >= 11 is 0. The highest BCUT2D eigenvalue weighted by molar-refractivity contribution is 5.98. The standard InChI is InChI=1S/C17H22N2O6/c1-4-24-13-7-5-12(6-8-13)14(20)9-10-15(21)25-11(2)16(22)19-17(23)18-3/h5-8,11H,4,9-10H2,1-3H3,(H2,18,19,22,23)/t11-/m1/s1. The Morgan fingerprint density at radius 3 is 2.28 bits per heavy atom. The van der Waals surface area contributed by atoms with Gasteiger partial charge in [-0.05, 0) is 38.1 Å². The number of imide groups is 1. The number of carbonyl (C=O) groups excluding carboxylic acids is 4. The molecular formula is C17H22N2O6. The zero-order valence-electron chi connectivity index (χ0n) is 14.5. The van der Waals surface area contributed by atoms with E-state index >= 15 is 0 Å². The van der Waals surface area contributed by atoms with Gasteiger partial charge in [-0.1, -0.05) is 0 Å². The molecule has 0 spiro atoms. The monoisotopic (exact) mass is 350 g/mol. The highest BCUT2D eigenvalue weighted by Gasteiger charge is 2.20. The smallest absolute Gasteiger partial charge is 0.321 e. The van der Waals surface area contributed by atoms with E-state index < -0.39 is 24.0 Å². The van der Waals surface area contributed by atoms with Gasteiger partial charge in [-0.15, -0.1) is 0 Å². The first-order valence-electron chi connectivity index (χ1n) is 7.85. The molecule has 25 heavy (non-hydrogen) atoms. The Bertz CT molecular complexity index is 627. The summed E-state index contributed by atoms with van der Waals surface area (Å²) in [6, 6.07) is 5.91. The normalized spacial score (nSPS) is 11.2. The molecule has 1 aromatic carbocycles. The molecule has 0 aromatic heterocycles. The Hall–Kier alpha value is -2.90. The van der Waals surface area contributed by atoms with E-state index in [1.54, 1.807) is 24.3 Å². The number of hydrogen-bond donors (Lipinski definition) is 2. The second kappa shape index (κ2) is 10.1. The molecule has 1 aromatic rings. The van der Waals surface area contributed by atoms with Crippen LogP contribution in [0.4, 0.5) is 4.79 Å². The van der Waals surface area contributed by atoms with Crippen LogP contribution >= 0.6 is 0 Å². The summed E-state index contributed by atoms with van der Waals surface area (Å²) in [5.41, 5.74) is 0.460. The number of urea groups is 1. The second-order valence-electron chi connectivity index (χ2n) is 5.08. The van der Waals surface area contributed by atoms with Crippen molar-refractivity contribution in [1.82, 2.24) is 10.6 Å². The Morgan fingerprint density at radius 2 is 1.72 bits per heavy atom. The molecule has 136 valence electrons. The summed E-state index contributed by atoms with van der Waals surface area (Å²) < 4.78 is 10.2. The molecule has 0 aliphatic carbocycles. The number of benzene rings is 1. The summed E-state index contributed by atoms with van der Waals surface area (Å²) in [6.07, 6.45) is -1.34. The fraction of sp³-hybridized carbons (Fsp3) is 0.412. The molecule has 0 fully saturated rings. The van der Waals surface area contributed by atoms with Gasteiger partial charge in [0.15, 0.2) is 11.9 Å². The van der Waals surface area contributed by atoms with Crippen molar-refractivity contribution in [2.45, 2.75) is 32.8 Å². The largest absolute Gasteiger partial charge is 0.494 e. The molecule has 0 saturated carbocycles. The van der Waals surface area contributed by atoms with Gasteiger partial charge in [-0.3, -0.25) is 19.7 Å². The first kappa shape index (κ1) is 20.1. The lowest BCUT2D eigenvalue weighted by Gasteiger charge is -2.12. The van der Waals surface area contributed by atoms with Crippen LogP contribution < -0.4 is 15.4 Å². The van der Waals surface area contributed by atoms with Gasteiger partial charge in [0.25, 0.3) is 5.91 Å². The molecule has 1 rings (SSSR count). The third-order valence-corrected chi connectivity index (χ3v) is 3.18. The van der Waals surface area contributed by atoms with Gasteiger partial charge >= 0.3 is 12.0 Å². The summed E-state index contributed by atoms with van der Waals surface area (Å²) in [5, 5.41) is 4.21. The van der Waals surface area contributed by atoms with E-state index in [0.29, 0.717) is 17.9 Å². The summed E-state index contributed by atoms with van der Waals surface area (Å²) in [6.45, 7) is 3.73. The van der Waals surface area contributed by atoms with Gasteiger partial charge in [0.1, 0.15) is 5.75 Å². The summed E-state index contributed by atoms with van der Waals surface area (Å²) in [4.78, 5) is 46.3. The average molecular weight is 350 g/mol. The topological polar surface area (TPSA) is 111 Å². The van der Waals surface area contributed by atoms with Gasteiger partial charge in [0.2, 0.25) is 0 Å². The van der Waals surface area contributed by atoms with Gasteiger partial charge in [-0.25, -0.2) is 4.79 Å². The lowest BCUT2D eigenvalue weighted by atomic mass is 10.1. The SMILES string of the molecule is CCOc1ccc(C(=O)CCC(=O)O[C@H](C)C(=O)NC(=O)NC)cc1. The molecule has 0 bridgehead atoms. The zero-order valence-corrected chi connectivity index (χ0v) is 14.5. The molecule has 1 atom stereocenters. The number of hydrogen-bond acceptors (Lipinski definition) is 6. The van der Waals surface area contributed by atoms with Crippen molar-refractivity contribution in [3.63, 3.8) is 0 Å². The van der Waals surface area contributed by atoms with Crippen LogP contribution in [0.2, 0.25) is 0 Å². The Kier molecular flexibility index (Phi) is 8.11. The third kappa shape index (κ3) is 7.03. The summed E-state index contributed by atoms with van der Waals surface area (Å²) in [5.74, 6) is -0.999. The van der Waals surface area contributed by atoms with Gasteiger partial charge in [-0.2, -0.15) is 0 Å². The predicted molar refractivity (Wildman–Crippen MR) is 89.3 cm³/mol. The fourth-order valence-corrected chi connectivity index (χ4v) is 1.85. The van der Waals surface area contributed by atoms with E-state index in [0.717, 1.165) is 0 Å². The van der Waals surface area contributed by atoms with Crippen LogP contribution in [0.25, 0.3) is 0 Å². The van der Waals surface area contributed by atoms with Crippen LogP contribution in [0.5, 0.6) is 5.75 Å². The van der Waals surface area contributed by atoms with Crippen molar-refractivity contribution in [2.24, 2.45) is 0 Å². The molecule has 2 N–H and O–H groups in total. The lowest BCUT2D eigenvalue weighted by molar-refractivity contribution is -0.154. The van der Waals surface area contributed by atoms with Crippen molar-refractivity contribution in [2.75, 3.05) is 13.7 Å². The molecule has 0 saturated heterocycles. The molecule has 0 aliphatic rings. The molecule has 0 aliphatic heterocycles. The summed E-state index contributed by atoms with van der Waals surface area (Å²) in [7, 11) is 1.35. The quantitative estimate of drug-likeness (QED) is 0.542. The zero-order chi connectivity index (χ0) is 18.8. The average Bonchev–Trinajstić information content (AvgIpc) is 2.60. The van der Waals surface area contributed by atoms with Crippen molar-refractivity contribution < 1.29 is 28.7 Å². The Labute approximate surface area is 145 Å². The third-order valence-electron chi connectivity index (χ3n) is 3.18. The van der Waals surface area contributed by atoms with E-state index in [-0.39, 0.29) is 18.6 Å². The van der Waals surface area contributed by atoms with Crippen LogP contribution in [0, 0.1) is 0 Å². The molecule has 0 radical (unpaired) electrons. The molecule has 8 heteroatoms. The number of nitrogens with one attached hydrogen (secondary N) is 2. The van der Waals surface area contributed by atoms with Gasteiger partial charge in [0, 0.05) is 19.0 Å². The molecule has 3 amide bonds. The van der Waals surface area contributed by atoms with Crippen molar-refractivity contribution in [1.29, 1.82) is 0 Å². The van der Waals surface area contributed by atoms with Crippen LogP contribution in [0.3, 0.4) is 0 Å². The number of carbonyl (C=O) groups is 4. The number of esters is 1. The number of amides is 3. The maximum atomic E-state index is 12.0. The molecule has 8 nitrogen and oxygen atoms in total. The predicted octanol–water partition coefficient (Wildman–Crippen LogP) is 1.44. The van der Waals surface area contributed by atoms with Gasteiger partial charge in [0.05, 0.1) is 13.0 Å².